The molecule has 2 aromatic rings. The minimum Gasteiger partial charge on any atom is -0.502 e. The van der Waals surface area contributed by atoms with Crippen LogP contribution < -0.4 is 16.3 Å². The molecule has 0 bridgehead atoms. The van der Waals surface area contributed by atoms with Crippen molar-refractivity contribution in [2.24, 2.45) is 5.10 Å². The maximum Gasteiger partial charge on any atom is 0.312 e. The van der Waals surface area contributed by atoms with Gasteiger partial charge in [-0.05, 0) is 18.1 Å². The second-order valence-corrected chi connectivity index (χ2v) is 6.33. The highest BCUT2D eigenvalue weighted by Crippen LogP contribution is 2.32. The number of hydrogen-bond donors (Lipinski definition) is 4. The highest BCUT2D eigenvalue weighted by Gasteiger charge is 2.29. The van der Waals surface area contributed by atoms with Crippen LogP contribution in [0.3, 0.4) is 0 Å². The average Bonchev–Trinajstić information content (AvgIpc) is 3.15. The van der Waals surface area contributed by atoms with Crippen molar-refractivity contribution >= 4 is 29.4 Å². The number of carbonyl (C=O) groups excluding carboxylic acids is 1. The Morgan fingerprint density at radius 1 is 1.33 bits per heavy atom. The summed E-state index contributed by atoms with van der Waals surface area (Å²) in [5.74, 6) is -0.958. The number of hydrazone groups is 1. The molecule has 0 saturated carbocycles. The number of halogens is 1. The summed E-state index contributed by atoms with van der Waals surface area (Å²) < 4.78 is 0. The van der Waals surface area contributed by atoms with Crippen LogP contribution in [-0.2, 0) is 4.79 Å². The first-order valence-corrected chi connectivity index (χ1v) is 8.39. The van der Waals surface area contributed by atoms with Crippen LogP contribution in [0.4, 0.5) is 5.69 Å². The van der Waals surface area contributed by atoms with Crippen molar-refractivity contribution in [2.75, 3.05) is 0 Å². The summed E-state index contributed by atoms with van der Waals surface area (Å²) in [5, 5.41) is 24.6. The van der Waals surface area contributed by atoms with Gasteiger partial charge in [-0.25, -0.2) is 16.3 Å². The van der Waals surface area contributed by atoms with E-state index in [9.17, 15) is 20.0 Å². The topological polar surface area (TPSA) is 129 Å². The lowest BCUT2D eigenvalue weighted by molar-refractivity contribution is -0.385. The molecule has 1 aliphatic rings. The number of amides is 1. The highest BCUT2D eigenvalue weighted by atomic mass is 35.5. The van der Waals surface area contributed by atoms with Gasteiger partial charge < -0.3 is 5.11 Å². The monoisotopic (exact) mass is 389 g/mol. The second-order valence-electron chi connectivity index (χ2n) is 5.89. The molecule has 0 spiro atoms. The zero-order valence-electron chi connectivity index (χ0n) is 13.9. The van der Waals surface area contributed by atoms with Crippen molar-refractivity contribution in [1.82, 2.24) is 16.3 Å². The van der Waals surface area contributed by atoms with Crippen molar-refractivity contribution in [3.05, 3.63) is 68.7 Å². The first-order chi connectivity index (χ1) is 13.0. The normalized spacial score (nSPS) is 19.3. The Kier molecular flexibility index (Phi) is 5.65. The van der Waals surface area contributed by atoms with Crippen molar-refractivity contribution in [2.45, 2.75) is 18.5 Å². The zero-order valence-corrected chi connectivity index (χ0v) is 14.7. The molecule has 1 amide bonds. The van der Waals surface area contributed by atoms with Gasteiger partial charge in [-0.1, -0.05) is 41.9 Å². The molecule has 1 fully saturated rings. The molecule has 9 nitrogen and oxygen atoms in total. The number of nitrogens with one attached hydrogen (secondary N) is 3. The van der Waals surface area contributed by atoms with Crippen LogP contribution in [0.2, 0.25) is 5.02 Å². The van der Waals surface area contributed by atoms with E-state index in [0.29, 0.717) is 6.42 Å². The molecule has 0 radical (unpaired) electrons. The largest absolute Gasteiger partial charge is 0.502 e. The van der Waals surface area contributed by atoms with Crippen LogP contribution in [0.5, 0.6) is 5.75 Å². The molecule has 3 rings (SSSR count). The van der Waals surface area contributed by atoms with Gasteiger partial charge in [0, 0.05) is 22.7 Å². The van der Waals surface area contributed by atoms with Crippen LogP contribution in [-0.4, -0.2) is 28.2 Å². The highest BCUT2D eigenvalue weighted by molar-refractivity contribution is 6.31. The zero-order chi connectivity index (χ0) is 19.4. The molecular formula is C17H16ClN5O4. The van der Waals surface area contributed by atoms with Gasteiger partial charge in [-0.2, -0.15) is 5.10 Å². The number of hydrogen-bond acceptors (Lipinski definition) is 7. The number of nitro groups is 1. The maximum atomic E-state index is 12.2. The number of hydrazine groups is 1. The first kappa shape index (κ1) is 18.8. The Labute approximate surface area is 159 Å². The molecule has 2 aromatic carbocycles. The Morgan fingerprint density at radius 3 is 2.78 bits per heavy atom. The molecule has 2 unspecified atom stereocenters. The third kappa shape index (κ3) is 4.40. The molecule has 4 N–H and O–H groups in total. The molecule has 1 saturated heterocycles. The summed E-state index contributed by atoms with van der Waals surface area (Å²) in [6, 6.07) is 11.5. The number of rotatable bonds is 5. The van der Waals surface area contributed by atoms with Crippen LogP contribution >= 0.6 is 11.6 Å². The smallest absolute Gasteiger partial charge is 0.312 e. The number of phenolic OH excluding ortho intramolecular Hbond substituents is 1. The minimum absolute atomic E-state index is 0.00875. The molecule has 140 valence electrons. The van der Waals surface area contributed by atoms with Gasteiger partial charge in [0.2, 0.25) is 5.75 Å². The van der Waals surface area contributed by atoms with Gasteiger partial charge in [-0.3, -0.25) is 14.9 Å². The quantitative estimate of drug-likeness (QED) is 0.351. The molecule has 1 aliphatic heterocycles. The summed E-state index contributed by atoms with van der Waals surface area (Å²) >= 11 is 5.80. The fourth-order valence-corrected chi connectivity index (χ4v) is 2.94. The Balaban J connectivity index is 1.62. The summed E-state index contributed by atoms with van der Waals surface area (Å²) in [6.07, 6.45) is 1.63. The molecule has 0 aliphatic carbocycles. The van der Waals surface area contributed by atoms with Gasteiger partial charge in [0.15, 0.2) is 0 Å². The molecular weight excluding hydrogens is 374 g/mol. The number of phenols is 1. The van der Waals surface area contributed by atoms with Crippen LogP contribution in [0.1, 0.15) is 23.6 Å². The summed E-state index contributed by atoms with van der Waals surface area (Å²) in [5.41, 5.74) is 8.84. The van der Waals surface area contributed by atoms with Crippen LogP contribution in [0.25, 0.3) is 0 Å². The molecule has 10 heteroatoms. The minimum atomic E-state index is -0.755. The van der Waals surface area contributed by atoms with E-state index in [1.807, 2.05) is 30.3 Å². The van der Waals surface area contributed by atoms with Gasteiger partial charge >= 0.3 is 5.69 Å². The van der Waals surface area contributed by atoms with Gasteiger partial charge in [0.25, 0.3) is 5.91 Å². The second kappa shape index (κ2) is 8.12. The van der Waals surface area contributed by atoms with Gasteiger partial charge in [0.1, 0.15) is 6.04 Å². The maximum absolute atomic E-state index is 12.2. The van der Waals surface area contributed by atoms with E-state index >= 15 is 0 Å². The van der Waals surface area contributed by atoms with Gasteiger partial charge in [0.05, 0.1) is 11.1 Å². The SMILES string of the molecule is O=C(N/N=C/c1cc(Cl)cc([N+](=O)[O-])c1O)C1CC(c2ccccc2)NN1. The van der Waals surface area contributed by atoms with Crippen LogP contribution in [0, 0.1) is 10.1 Å². The standard InChI is InChI=1S/C17H16ClN5O4/c18-12-6-11(16(24)15(7-12)23(26)27)9-19-22-17(25)14-8-13(20-21-14)10-4-2-1-3-5-10/h1-7,9,13-14,20-21,24H,8H2,(H,22,25)/b19-9+. The average molecular weight is 390 g/mol. The predicted octanol–water partition coefficient (Wildman–Crippen LogP) is 2.01. The van der Waals surface area contributed by atoms with Crippen molar-refractivity contribution in [3.63, 3.8) is 0 Å². The lowest BCUT2D eigenvalue weighted by atomic mass is 10.0. The van der Waals surface area contributed by atoms with Crippen molar-refractivity contribution in [3.8, 4) is 5.75 Å². The van der Waals surface area contributed by atoms with E-state index in [1.54, 1.807) is 0 Å². The third-order valence-corrected chi connectivity index (χ3v) is 4.30. The fraction of sp³-hybridized carbons (Fsp3) is 0.176. The number of carbonyl (C=O) groups is 1. The van der Waals surface area contributed by atoms with E-state index in [-0.39, 0.29) is 22.5 Å². The number of benzene rings is 2. The van der Waals surface area contributed by atoms with E-state index < -0.39 is 22.4 Å². The number of aromatic hydroxyl groups is 1. The molecule has 0 aromatic heterocycles. The number of nitro benzene ring substituents is 1. The predicted molar refractivity (Wildman–Crippen MR) is 99.4 cm³/mol. The van der Waals surface area contributed by atoms with Gasteiger partial charge in [-0.15, -0.1) is 0 Å². The lowest BCUT2D eigenvalue weighted by Crippen LogP contribution is -2.41. The third-order valence-electron chi connectivity index (χ3n) is 4.08. The molecule has 2 atom stereocenters. The Hall–Kier alpha value is -3.01. The van der Waals surface area contributed by atoms with E-state index in [0.717, 1.165) is 17.8 Å². The summed E-state index contributed by atoms with van der Waals surface area (Å²) in [4.78, 5) is 22.3. The Morgan fingerprint density at radius 2 is 2.07 bits per heavy atom. The summed E-state index contributed by atoms with van der Waals surface area (Å²) in [7, 11) is 0. The Bertz CT molecular complexity index is 890. The van der Waals surface area contributed by atoms with Crippen LogP contribution in [0.15, 0.2) is 47.6 Å². The summed E-state index contributed by atoms with van der Waals surface area (Å²) in [6.45, 7) is 0. The lowest BCUT2D eigenvalue weighted by Gasteiger charge is -2.08. The first-order valence-electron chi connectivity index (χ1n) is 8.01. The molecule has 1 heterocycles. The molecule has 27 heavy (non-hydrogen) atoms. The van der Waals surface area contributed by atoms with Crippen molar-refractivity contribution < 1.29 is 14.8 Å². The van der Waals surface area contributed by atoms with Crippen molar-refractivity contribution in [1.29, 1.82) is 0 Å². The van der Waals surface area contributed by atoms with E-state index in [4.69, 9.17) is 11.6 Å². The fourth-order valence-electron chi connectivity index (χ4n) is 2.72. The van der Waals surface area contributed by atoms with E-state index in [1.165, 1.54) is 6.07 Å². The van der Waals surface area contributed by atoms with E-state index in [2.05, 4.69) is 21.4 Å². The number of nitrogens with zero attached hydrogens (tertiary/aromatic N) is 2.